The molecule has 2 atom stereocenters. The number of hydrogen-bond acceptors (Lipinski definition) is 14. The summed E-state index contributed by atoms with van der Waals surface area (Å²) in [6.07, 6.45) is 1.05. The van der Waals surface area contributed by atoms with E-state index in [1.54, 1.807) is 4.90 Å². The molecule has 0 aliphatic carbocycles. The number of aromatic hydroxyl groups is 1. The minimum atomic E-state index is -1.35. The SMILES string of the molecule is C[N+]1(CC2=C(C(=O)O)N3C(=O)[C@@H](NC(=O)C(=NOCC(=O)O)c4nsc(N)n4)[C@H]3SC2)CCN(C(=O)c2cc(=O)c(O)c[nH]2)CC1. The van der Waals surface area contributed by atoms with Crippen molar-refractivity contribution < 1.29 is 48.6 Å². The lowest BCUT2D eigenvalue weighted by molar-refractivity contribution is -0.908. The Balaban J connectivity index is 1.26. The predicted molar refractivity (Wildman–Crippen MR) is 160 cm³/mol. The Hall–Kier alpha value is -5.02. The van der Waals surface area contributed by atoms with Crippen molar-refractivity contribution in [3.8, 4) is 5.75 Å². The molecule has 7 N–H and O–H groups in total. The Bertz CT molecular complexity index is 1730. The summed E-state index contributed by atoms with van der Waals surface area (Å²) in [7, 11) is 1.92. The van der Waals surface area contributed by atoms with Crippen LogP contribution in [0.5, 0.6) is 5.75 Å². The normalized spacial score (nSPS) is 20.9. The van der Waals surface area contributed by atoms with Crippen LogP contribution in [-0.2, 0) is 24.0 Å². The quantitative estimate of drug-likeness (QED) is 0.0666. The van der Waals surface area contributed by atoms with Gasteiger partial charge >= 0.3 is 11.9 Å². The number of hydrogen-bond donors (Lipinski definition) is 6. The lowest BCUT2D eigenvalue weighted by Crippen LogP contribution is -2.71. The second kappa shape index (κ2) is 12.8. The largest absolute Gasteiger partial charge is 0.503 e. The number of likely N-dealkylation sites (N-methyl/N-ethyl adjacent to an activating group) is 1. The van der Waals surface area contributed by atoms with Gasteiger partial charge in [0.2, 0.25) is 23.6 Å². The molecule has 2 aromatic heterocycles. The number of pyridine rings is 1. The van der Waals surface area contributed by atoms with Crippen LogP contribution in [0.1, 0.15) is 16.3 Å². The number of nitrogens with two attached hydrogens (primary N) is 1. The van der Waals surface area contributed by atoms with Crippen molar-refractivity contribution >= 4 is 63.8 Å². The zero-order valence-corrected chi connectivity index (χ0v) is 25.7. The molecule has 3 aliphatic heterocycles. The first kappa shape index (κ1) is 32.4. The number of anilines is 1. The molecule has 5 heterocycles. The van der Waals surface area contributed by atoms with Gasteiger partial charge in [-0.25, -0.2) is 9.59 Å². The number of quaternary nitrogens is 1. The number of aromatic nitrogens is 3. The monoisotopic (exact) mass is 678 g/mol. The summed E-state index contributed by atoms with van der Waals surface area (Å²) in [4.78, 5) is 88.0. The molecule has 46 heavy (non-hydrogen) atoms. The molecule has 19 nitrogen and oxygen atoms in total. The number of fused-ring (bicyclic) bond motifs is 1. The van der Waals surface area contributed by atoms with E-state index in [0.717, 1.165) is 28.7 Å². The number of β-lactam (4-membered cyclic amide) rings is 1. The highest BCUT2D eigenvalue weighted by Gasteiger charge is 2.55. The number of nitrogens with one attached hydrogen (secondary N) is 2. The summed E-state index contributed by atoms with van der Waals surface area (Å²) in [5.41, 5.74) is 4.78. The van der Waals surface area contributed by atoms with E-state index in [-0.39, 0.29) is 34.6 Å². The van der Waals surface area contributed by atoms with E-state index in [0.29, 0.717) is 36.2 Å². The molecule has 0 aromatic carbocycles. The summed E-state index contributed by atoms with van der Waals surface area (Å²) < 4.78 is 4.27. The highest BCUT2D eigenvalue weighted by Crippen LogP contribution is 2.41. The first-order chi connectivity index (χ1) is 21.8. The number of carboxylic acid groups (broad SMARTS) is 2. The molecule has 0 radical (unpaired) electrons. The van der Waals surface area contributed by atoms with Gasteiger partial charge in [0.25, 0.3) is 17.7 Å². The van der Waals surface area contributed by atoms with E-state index >= 15 is 0 Å². The molecule has 21 heteroatoms. The van der Waals surface area contributed by atoms with Crippen molar-refractivity contribution in [1.29, 1.82) is 0 Å². The molecule has 2 aromatic rings. The molecule has 2 saturated heterocycles. The summed E-state index contributed by atoms with van der Waals surface area (Å²) in [5.74, 6) is -5.16. The van der Waals surface area contributed by atoms with Gasteiger partial charge < -0.3 is 45.6 Å². The van der Waals surface area contributed by atoms with Gasteiger partial charge in [-0.1, -0.05) is 5.16 Å². The fourth-order valence-electron chi connectivity index (χ4n) is 5.21. The van der Waals surface area contributed by atoms with Gasteiger partial charge in [0.1, 0.15) is 29.4 Å². The van der Waals surface area contributed by atoms with Crippen molar-refractivity contribution in [2.45, 2.75) is 11.4 Å². The highest BCUT2D eigenvalue weighted by molar-refractivity contribution is 8.00. The Labute approximate surface area is 267 Å². The number of carboxylic acids is 2. The van der Waals surface area contributed by atoms with E-state index in [4.69, 9.17) is 10.8 Å². The van der Waals surface area contributed by atoms with Crippen LogP contribution < -0.4 is 16.5 Å². The number of aliphatic carboxylic acids is 2. The molecular weight excluding hydrogens is 650 g/mol. The fraction of sp³-hybridized carbons (Fsp3) is 0.400. The van der Waals surface area contributed by atoms with Crippen LogP contribution in [0.2, 0.25) is 0 Å². The Morgan fingerprint density at radius 3 is 2.57 bits per heavy atom. The van der Waals surface area contributed by atoms with Crippen molar-refractivity contribution in [1.82, 2.24) is 29.5 Å². The first-order valence-electron chi connectivity index (χ1n) is 13.5. The predicted octanol–water partition coefficient (Wildman–Crippen LogP) is -2.34. The third kappa shape index (κ3) is 6.50. The van der Waals surface area contributed by atoms with Crippen LogP contribution in [0, 0.1) is 0 Å². The van der Waals surface area contributed by atoms with Gasteiger partial charge in [-0.2, -0.15) is 9.36 Å². The second-order valence-electron chi connectivity index (χ2n) is 10.8. The fourth-order valence-corrected chi connectivity index (χ4v) is 6.98. The van der Waals surface area contributed by atoms with Crippen molar-refractivity contribution in [3.63, 3.8) is 0 Å². The Morgan fingerprint density at radius 2 is 1.96 bits per heavy atom. The van der Waals surface area contributed by atoms with Gasteiger partial charge in [0.15, 0.2) is 10.9 Å². The van der Waals surface area contributed by atoms with Gasteiger partial charge in [-0.05, 0) is 0 Å². The maximum atomic E-state index is 13.2. The zero-order chi connectivity index (χ0) is 33.3. The molecular formula is C25H28N9O10S2+. The lowest BCUT2D eigenvalue weighted by Gasteiger charge is -2.50. The zero-order valence-electron chi connectivity index (χ0n) is 24.0. The van der Waals surface area contributed by atoms with Crippen molar-refractivity contribution in [2.75, 3.05) is 57.9 Å². The lowest BCUT2D eigenvalue weighted by atomic mass is 10.0. The van der Waals surface area contributed by atoms with E-state index in [9.17, 15) is 39.0 Å². The van der Waals surface area contributed by atoms with Gasteiger partial charge in [-0.3, -0.25) is 24.1 Å². The van der Waals surface area contributed by atoms with E-state index in [2.05, 4.69) is 29.7 Å². The van der Waals surface area contributed by atoms with Crippen molar-refractivity contribution in [3.05, 3.63) is 45.3 Å². The number of aromatic amines is 1. The Morgan fingerprint density at radius 1 is 1.24 bits per heavy atom. The second-order valence-corrected chi connectivity index (χ2v) is 12.7. The van der Waals surface area contributed by atoms with Crippen LogP contribution in [0.25, 0.3) is 0 Å². The van der Waals surface area contributed by atoms with Crippen LogP contribution in [0.4, 0.5) is 5.13 Å². The molecule has 5 rings (SSSR count). The highest BCUT2D eigenvalue weighted by atomic mass is 32.2. The van der Waals surface area contributed by atoms with Crippen molar-refractivity contribution in [2.24, 2.45) is 5.16 Å². The number of nitrogens with zero attached hydrogens (tertiary/aromatic N) is 6. The maximum absolute atomic E-state index is 13.2. The molecule has 0 bridgehead atoms. The number of H-pyrrole nitrogens is 1. The number of rotatable bonds is 10. The molecule has 0 unspecified atom stereocenters. The third-order valence-corrected chi connectivity index (χ3v) is 9.43. The number of amides is 3. The molecule has 0 saturated carbocycles. The van der Waals surface area contributed by atoms with Crippen LogP contribution in [0.15, 0.2) is 33.5 Å². The average molecular weight is 679 g/mol. The third-order valence-electron chi connectivity index (χ3n) is 7.55. The molecule has 3 amide bonds. The molecule has 244 valence electrons. The van der Waals surface area contributed by atoms with Crippen LogP contribution in [-0.4, -0.2) is 143 Å². The number of nitrogen functional groups attached to an aromatic ring is 1. The summed E-state index contributed by atoms with van der Waals surface area (Å²) in [6, 6.07) is -0.0912. The summed E-state index contributed by atoms with van der Waals surface area (Å²) in [6.45, 7) is 0.999. The summed E-state index contributed by atoms with van der Waals surface area (Å²) >= 11 is 2.02. The van der Waals surface area contributed by atoms with Gasteiger partial charge in [0.05, 0.1) is 33.2 Å². The topological polar surface area (TPSA) is 271 Å². The number of carbonyl (C=O) groups is 5. The molecule has 3 aliphatic rings. The molecule has 2 fully saturated rings. The van der Waals surface area contributed by atoms with Crippen LogP contribution in [0.3, 0.4) is 0 Å². The molecule has 0 spiro atoms. The number of oxime groups is 1. The van der Waals surface area contributed by atoms with Gasteiger partial charge in [0, 0.05) is 35.1 Å². The summed E-state index contributed by atoms with van der Waals surface area (Å²) in [5, 5.41) is 33.7. The average Bonchev–Trinajstić information content (AvgIpc) is 3.44. The van der Waals surface area contributed by atoms with E-state index in [1.807, 2.05) is 7.05 Å². The van der Waals surface area contributed by atoms with Gasteiger partial charge in [-0.15, -0.1) is 11.8 Å². The van der Waals surface area contributed by atoms with E-state index < -0.39 is 64.6 Å². The standard InChI is InChI=1S/C25H27N9O10S2/c1-34(4-2-32(3-5-34)21(40)12-6-13(35)14(36)7-27-12)8-11-10-45-23-17(22(41)33(23)18(11)24(42)43)28-20(39)16(30-44-9-15(37)38)19-29-25(26)46-31-19/h6-7,17,23H,2-5,8-10H2,1H3,(H6-,26,27,28,29,30,31,35,36,37,38,39,40,42,43)/p+1/t17-,23-/m1/s1. The number of thioether (sulfide) groups is 1. The Kier molecular flexibility index (Phi) is 8.99. The maximum Gasteiger partial charge on any atom is 0.352 e. The first-order valence-corrected chi connectivity index (χ1v) is 15.4. The van der Waals surface area contributed by atoms with Crippen LogP contribution >= 0.6 is 23.3 Å². The smallest absolute Gasteiger partial charge is 0.352 e. The number of carbonyl (C=O) groups excluding carboxylic acids is 3. The minimum absolute atomic E-state index is 0.00397. The van der Waals surface area contributed by atoms with E-state index in [1.165, 1.54) is 11.8 Å². The minimum Gasteiger partial charge on any atom is -0.503 e. The number of piperazine rings is 1.